The number of nitrogens with one attached hydrogen (secondary N) is 1. The van der Waals surface area contributed by atoms with E-state index in [1.807, 2.05) is 23.7 Å². The summed E-state index contributed by atoms with van der Waals surface area (Å²) in [6.07, 6.45) is 0.540. The molecule has 0 spiro atoms. The number of likely N-dealkylation sites (tertiary alicyclic amines) is 1. The second-order valence-electron chi connectivity index (χ2n) is 6.53. The number of hydrogen-bond donors (Lipinski definition) is 2. The number of para-hydroxylation sites is 1. The number of rotatable bonds is 4. The van der Waals surface area contributed by atoms with Crippen LogP contribution < -0.4 is 5.32 Å². The van der Waals surface area contributed by atoms with Gasteiger partial charge in [-0.1, -0.05) is 18.2 Å². The lowest BCUT2D eigenvalue weighted by atomic mass is 10.2. The van der Waals surface area contributed by atoms with E-state index in [4.69, 9.17) is 4.99 Å². The zero-order chi connectivity index (χ0) is 17.8. The summed E-state index contributed by atoms with van der Waals surface area (Å²) in [5.41, 5.74) is 4.32. The molecule has 0 bridgehead atoms. The van der Waals surface area contributed by atoms with Crippen LogP contribution in [0.15, 0.2) is 35.3 Å². The highest BCUT2D eigenvalue weighted by Crippen LogP contribution is 2.18. The lowest BCUT2D eigenvalue weighted by Crippen LogP contribution is -2.40. The molecule has 0 saturated carbocycles. The van der Waals surface area contributed by atoms with Crippen LogP contribution in [0.5, 0.6) is 0 Å². The van der Waals surface area contributed by atoms with Crippen LogP contribution in [0.2, 0.25) is 0 Å². The fourth-order valence-electron chi connectivity index (χ4n) is 3.24. The zero-order valence-corrected chi connectivity index (χ0v) is 15.2. The number of benzene rings is 1. The maximum Gasteiger partial charge on any atom is 0.194 e. The molecule has 0 radical (unpaired) electrons. The number of nitrogens with zero attached hydrogens (tertiary/aromatic N) is 4. The van der Waals surface area contributed by atoms with Gasteiger partial charge in [-0.2, -0.15) is 5.10 Å². The molecule has 1 aliphatic heterocycles. The number of aliphatic imine (C=N–C) groups is 1. The summed E-state index contributed by atoms with van der Waals surface area (Å²) >= 11 is 0. The summed E-state index contributed by atoms with van der Waals surface area (Å²) < 4.78 is 1.98. The molecule has 3 rings (SSSR count). The van der Waals surface area contributed by atoms with E-state index in [1.165, 1.54) is 0 Å². The average molecular weight is 341 g/mol. The molecule has 0 unspecified atom stereocenters. The lowest BCUT2D eigenvalue weighted by molar-refractivity contribution is 0.188. The number of aryl methyl sites for hydroxylation is 2. The number of aromatic nitrogens is 2. The number of β-amino-alcohol motifs (C(OH)–C–C–N with tert-alkyl or cyclic N) is 1. The summed E-state index contributed by atoms with van der Waals surface area (Å²) in [5.74, 6) is 0.863. The molecule has 1 fully saturated rings. The number of aliphatic hydroxyl groups excluding tert-OH is 1. The van der Waals surface area contributed by atoms with Crippen molar-refractivity contribution in [1.82, 2.24) is 20.0 Å². The van der Waals surface area contributed by atoms with Crippen molar-refractivity contribution >= 4 is 5.96 Å². The normalized spacial score (nSPS) is 18.0. The average Bonchev–Trinajstić information content (AvgIpc) is 3.17. The molecular weight excluding hydrogens is 314 g/mol. The second kappa shape index (κ2) is 7.70. The first-order chi connectivity index (χ1) is 12.1. The van der Waals surface area contributed by atoms with Gasteiger partial charge < -0.3 is 15.3 Å². The summed E-state index contributed by atoms with van der Waals surface area (Å²) in [6.45, 7) is 9.00. The fourth-order valence-corrected chi connectivity index (χ4v) is 3.24. The molecule has 1 aromatic heterocycles. The first-order valence-electron chi connectivity index (χ1n) is 8.91. The van der Waals surface area contributed by atoms with Gasteiger partial charge in [0.05, 0.1) is 24.0 Å². The van der Waals surface area contributed by atoms with Gasteiger partial charge in [0, 0.05) is 25.3 Å². The summed E-state index contributed by atoms with van der Waals surface area (Å²) in [7, 11) is 0. The van der Waals surface area contributed by atoms with E-state index >= 15 is 0 Å². The van der Waals surface area contributed by atoms with Crippen LogP contribution in [0.25, 0.3) is 5.69 Å². The van der Waals surface area contributed by atoms with Crippen molar-refractivity contribution in [3.8, 4) is 5.69 Å². The van der Waals surface area contributed by atoms with Crippen LogP contribution in [-0.2, 0) is 6.54 Å². The van der Waals surface area contributed by atoms with Crippen molar-refractivity contribution in [2.24, 2.45) is 4.99 Å². The Morgan fingerprint density at radius 2 is 2.16 bits per heavy atom. The Morgan fingerprint density at radius 1 is 1.36 bits per heavy atom. The highest BCUT2D eigenvalue weighted by Gasteiger charge is 2.22. The van der Waals surface area contributed by atoms with Gasteiger partial charge in [-0.25, -0.2) is 9.67 Å². The summed E-state index contributed by atoms with van der Waals surface area (Å²) in [5, 5.41) is 17.7. The van der Waals surface area contributed by atoms with Crippen molar-refractivity contribution in [1.29, 1.82) is 0 Å². The molecular formula is C19H27N5O. The molecule has 6 nitrogen and oxygen atoms in total. The number of hydrogen-bond acceptors (Lipinski definition) is 3. The molecule has 2 aromatic rings. The van der Waals surface area contributed by atoms with Crippen LogP contribution in [0.4, 0.5) is 0 Å². The molecule has 2 heterocycles. The van der Waals surface area contributed by atoms with Gasteiger partial charge in [-0.15, -0.1) is 0 Å². The molecule has 134 valence electrons. The van der Waals surface area contributed by atoms with Crippen molar-refractivity contribution in [2.75, 3.05) is 19.6 Å². The van der Waals surface area contributed by atoms with Gasteiger partial charge in [-0.05, 0) is 44.9 Å². The van der Waals surface area contributed by atoms with Gasteiger partial charge in [0.1, 0.15) is 0 Å². The van der Waals surface area contributed by atoms with E-state index in [9.17, 15) is 5.11 Å². The molecule has 0 amide bonds. The summed E-state index contributed by atoms with van der Waals surface area (Å²) in [6, 6.07) is 10.3. The molecule has 1 aromatic carbocycles. The Hall–Kier alpha value is -2.34. The Bertz CT molecular complexity index is 752. The first-order valence-corrected chi connectivity index (χ1v) is 8.91. The van der Waals surface area contributed by atoms with Crippen LogP contribution in [0.3, 0.4) is 0 Å². The van der Waals surface area contributed by atoms with Crippen molar-refractivity contribution in [3.63, 3.8) is 0 Å². The molecule has 25 heavy (non-hydrogen) atoms. The molecule has 2 N–H and O–H groups in total. The highest BCUT2D eigenvalue weighted by molar-refractivity contribution is 5.80. The Labute approximate surface area is 149 Å². The van der Waals surface area contributed by atoms with E-state index in [2.05, 4.69) is 47.4 Å². The minimum atomic E-state index is -0.258. The van der Waals surface area contributed by atoms with E-state index in [0.29, 0.717) is 13.1 Å². The monoisotopic (exact) mass is 341 g/mol. The Morgan fingerprint density at radius 3 is 2.80 bits per heavy atom. The molecule has 0 aliphatic carbocycles. The van der Waals surface area contributed by atoms with Crippen LogP contribution in [-0.4, -0.2) is 51.5 Å². The maximum absolute atomic E-state index is 9.79. The Balaban J connectivity index is 1.85. The SMILES string of the molecule is CCNC(=NCc1ccccc1-n1nc(C)cc1C)N1CC[C@@H](O)C1. The van der Waals surface area contributed by atoms with Gasteiger partial charge in [-0.3, -0.25) is 0 Å². The minimum absolute atomic E-state index is 0.258. The van der Waals surface area contributed by atoms with Crippen molar-refractivity contribution in [3.05, 3.63) is 47.3 Å². The van der Waals surface area contributed by atoms with Crippen LogP contribution in [0, 0.1) is 13.8 Å². The van der Waals surface area contributed by atoms with E-state index in [1.54, 1.807) is 0 Å². The van der Waals surface area contributed by atoms with Gasteiger partial charge in [0.25, 0.3) is 0 Å². The predicted octanol–water partition coefficient (Wildman–Crippen LogP) is 2.02. The largest absolute Gasteiger partial charge is 0.391 e. The molecule has 1 aliphatic rings. The van der Waals surface area contributed by atoms with Crippen LogP contribution >= 0.6 is 0 Å². The quantitative estimate of drug-likeness (QED) is 0.660. The first kappa shape index (κ1) is 17.5. The van der Waals surface area contributed by atoms with Crippen molar-refractivity contribution in [2.45, 2.75) is 39.8 Å². The fraction of sp³-hybridized carbons (Fsp3) is 0.474. The molecule has 1 atom stereocenters. The van der Waals surface area contributed by atoms with Gasteiger partial charge in [0.15, 0.2) is 5.96 Å². The number of guanidine groups is 1. The van der Waals surface area contributed by atoms with E-state index in [0.717, 1.165) is 48.1 Å². The predicted molar refractivity (Wildman–Crippen MR) is 100 cm³/mol. The van der Waals surface area contributed by atoms with Gasteiger partial charge in [0.2, 0.25) is 0 Å². The third-order valence-corrected chi connectivity index (χ3v) is 4.43. The summed E-state index contributed by atoms with van der Waals surface area (Å²) in [4.78, 5) is 6.93. The maximum atomic E-state index is 9.79. The standard InChI is InChI=1S/C19H27N5O/c1-4-20-19(23-10-9-17(25)13-23)21-12-16-7-5-6-8-18(16)24-15(3)11-14(2)22-24/h5-8,11,17,25H,4,9-10,12-13H2,1-3H3,(H,20,21)/t17-/m1/s1. The lowest BCUT2D eigenvalue weighted by Gasteiger charge is -2.21. The second-order valence-corrected chi connectivity index (χ2v) is 6.53. The topological polar surface area (TPSA) is 65.7 Å². The smallest absolute Gasteiger partial charge is 0.194 e. The zero-order valence-electron chi connectivity index (χ0n) is 15.2. The van der Waals surface area contributed by atoms with Crippen LogP contribution in [0.1, 0.15) is 30.3 Å². The molecule has 1 saturated heterocycles. The van der Waals surface area contributed by atoms with E-state index in [-0.39, 0.29) is 6.10 Å². The third kappa shape index (κ3) is 4.02. The highest BCUT2D eigenvalue weighted by atomic mass is 16.3. The van der Waals surface area contributed by atoms with Gasteiger partial charge >= 0.3 is 0 Å². The van der Waals surface area contributed by atoms with E-state index < -0.39 is 0 Å². The number of aliphatic hydroxyl groups is 1. The third-order valence-electron chi connectivity index (χ3n) is 4.43. The van der Waals surface area contributed by atoms with Crippen molar-refractivity contribution < 1.29 is 5.11 Å². The molecule has 6 heteroatoms. The Kier molecular flexibility index (Phi) is 5.38. The minimum Gasteiger partial charge on any atom is -0.391 e.